The average molecular weight is 281 g/mol. The number of hydrogen-bond acceptors (Lipinski definition) is 6. The van der Waals surface area contributed by atoms with Crippen LogP contribution in [-0.4, -0.2) is 37.0 Å². The van der Waals surface area contributed by atoms with Gasteiger partial charge in [0.1, 0.15) is 5.75 Å². The van der Waals surface area contributed by atoms with Gasteiger partial charge < -0.3 is 21.9 Å². The Morgan fingerprint density at radius 1 is 1.40 bits per heavy atom. The number of phenolic OH excluding ortho intramolecular Hbond substituents is 1. The summed E-state index contributed by atoms with van der Waals surface area (Å²) in [6.07, 6.45) is 1.53. The third kappa shape index (κ3) is 8.47. The molecule has 20 heavy (non-hydrogen) atoms. The molecule has 0 fully saturated rings. The summed E-state index contributed by atoms with van der Waals surface area (Å²) in [4.78, 5) is 0. The van der Waals surface area contributed by atoms with Crippen molar-refractivity contribution in [3.05, 3.63) is 23.8 Å². The minimum Gasteiger partial charge on any atom is -0.506 e. The number of likely N-dealkylation sites (N-methyl/N-ethyl adjacent to an activating group) is 1. The number of anilines is 1. The van der Waals surface area contributed by atoms with Crippen molar-refractivity contribution in [1.82, 2.24) is 5.32 Å². The molecule has 0 aliphatic heterocycles. The molecule has 1 aromatic rings. The fraction of sp³-hybridized carbons (Fsp3) is 0.500. The van der Waals surface area contributed by atoms with Gasteiger partial charge in [0.15, 0.2) is 0 Å². The SMILES string of the molecule is CCNC(C)CN.Cc1ccc(N/N=C\CN)c(O)c1. The normalized spacial score (nSPS) is 11.8. The number of hydrogen-bond donors (Lipinski definition) is 5. The summed E-state index contributed by atoms with van der Waals surface area (Å²) in [7, 11) is 0. The van der Waals surface area contributed by atoms with E-state index in [0.29, 0.717) is 18.3 Å². The third-order valence-corrected chi connectivity index (χ3v) is 2.44. The van der Waals surface area contributed by atoms with E-state index in [0.717, 1.165) is 18.7 Å². The van der Waals surface area contributed by atoms with Gasteiger partial charge in [0.2, 0.25) is 0 Å². The van der Waals surface area contributed by atoms with Crippen LogP contribution in [0.1, 0.15) is 19.4 Å². The molecule has 0 spiro atoms. The molecule has 1 unspecified atom stereocenters. The summed E-state index contributed by atoms with van der Waals surface area (Å²) in [5.74, 6) is 0.189. The zero-order chi connectivity index (χ0) is 15.4. The standard InChI is InChI=1S/C9H13N3O.C5H14N2/c1-7-2-3-8(9(13)6-7)12-11-5-4-10;1-3-7-5(2)4-6/h2-3,5-6,12-13H,4,10H2,1H3;5,7H,3-4,6H2,1-2H3/b11-5-;. The van der Waals surface area contributed by atoms with Gasteiger partial charge in [-0.25, -0.2) is 0 Å². The Kier molecular flexibility index (Phi) is 10.3. The zero-order valence-corrected chi connectivity index (χ0v) is 12.6. The number of benzene rings is 1. The number of nitrogens with two attached hydrogens (primary N) is 2. The minimum atomic E-state index is 0.189. The molecular formula is C14H27N5O. The highest BCUT2D eigenvalue weighted by molar-refractivity contribution is 5.63. The van der Waals surface area contributed by atoms with Gasteiger partial charge in [-0.05, 0) is 38.1 Å². The lowest BCUT2D eigenvalue weighted by Crippen LogP contribution is -2.32. The Balaban J connectivity index is 0.000000441. The van der Waals surface area contributed by atoms with E-state index >= 15 is 0 Å². The Morgan fingerprint density at radius 2 is 2.10 bits per heavy atom. The molecule has 1 aromatic carbocycles. The molecule has 1 atom stereocenters. The molecule has 6 heteroatoms. The van der Waals surface area contributed by atoms with Crippen molar-refractivity contribution < 1.29 is 5.11 Å². The Labute approximate surface area is 121 Å². The van der Waals surface area contributed by atoms with Gasteiger partial charge >= 0.3 is 0 Å². The van der Waals surface area contributed by atoms with Crippen LogP contribution < -0.4 is 22.2 Å². The fourth-order valence-electron chi connectivity index (χ4n) is 1.34. The number of hydrazone groups is 1. The average Bonchev–Trinajstić information content (AvgIpc) is 2.42. The molecule has 0 aliphatic rings. The topological polar surface area (TPSA) is 109 Å². The van der Waals surface area contributed by atoms with E-state index < -0.39 is 0 Å². The Hall–Kier alpha value is -1.63. The predicted molar refractivity (Wildman–Crippen MR) is 86.2 cm³/mol. The zero-order valence-electron chi connectivity index (χ0n) is 12.6. The number of aryl methyl sites for hydroxylation is 1. The smallest absolute Gasteiger partial charge is 0.140 e. The maximum Gasteiger partial charge on any atom is 0.140 e. The van der Waals surface area contributed by atoms with E-state index in [1.54, 1.807) is 12.1 Å². The number of nitrogens with zero attached hydrogens (tertiary/aromatic N) is 1. The van der Waals surface area contributed by atoms with E-state index in [4.69, 9.17) is 11.5 Å². The lowest BCUT2D eigenvalue weighted by atomic mass is 10.2. The van der Waals surface area contributed by atoms with E-state index in [2.05, 4.69) is 29.7 Å². The van der Waals surface area contributed by atoms with Crippen LogP contribution in [0.5, 0.6) is 5.75 Å². The molecule has 114 valence electrons. The van der Waals surface area contributed by atoms with Crippen LogP contribution in [0, 0.1) is 6.92 Å². The van der Waals surface area contributed by atoms with Gasteiger partial charge in [-0.3, -0.25) is 5.43 Å². The van der Waals surface area contributed by atoms with Gasteiger partial charge in [-0.15, -0.1) is 0 Å². The van der Waals surface area contributed by atoms with Crippen LogP contribution in [0.3, 0.4) is 0 Å². The number of phenols is 1. The lowest BCUT2D eigenvalue weighted by Gasteiger charge is -2.06. The molecule has 0 saturated carbocycles. The minimum absolute atomic E-state index is 0.189. The number of aromatic hydroxyl groups is 1. The third-order valence-electron chi connectivity index (χ3n) is 2.44. The first-order chi connectivity index (χ1) is 9.54. The second-order valence-electron chi connectivity index (χ2n) is 4.37. The molecule has 1 rings (SSSR count). The molecule has 0 saturated heterocycles. The van der Waals surface area contributed by atoms with Crippen molar-refractivity contribution in [1.29, 1.82) is 0 Å². The van der Waals surface area contributed by atoms with E-state index in [1.807, 2.05) is 13.0 Å². The molecule has 0 radical (unpaired) electrons. The van der Waals surface area contributed by atoms with Crippen LogP contribution in [0.2, 0.25) is 0 Å². The molecule has 0 bridgehead atoms. The molecule has 6 nitrogen and oxygen atoms in total. The van der Waals surface area contributed by atoms with Crippen molar-refractivity contribution in [2.45, 2.75) is 26.8 Å². The highest BCUT2D eigenvalue weighted by Crippen LogP contribution is 2.23. The first kappa shape index (κ1) is 18.4. The van der Waals surface area contributed by atoms with Gasteiger partial charge in [0.05, 0.1) is 5.69 Å². The summed E-state index contributed by atoms with van der Waals surface area (Å²) in [5, 5.41) is 16.4. The molecule has 0 aliphatic carbocycles. The summed E-state index contributed by atoms with van der Waals surface area (Å²) in [5.41, 5.74) is 14.8. The highest BCUT2D eigenvalue weighted by atomic mass is 16.3. The molecule has 0 aromatic heterocycles. The summed E-state index contributed by atoms with van der Waals surface area (Å²) >= 11 is 0. The summed E-state index contributed by atoms with van der Waals surface area (Å²) in [6, 6.07) is 5.80. The first-order valence-electron chi connectivity index (χ1n) is 6.75. The van der Waals surface area contributed by atoms with Crippen molar-refractivity contribution in [2.24, 2.45) is 16.6 Å². The second kappa shape index (κ2) is 11.2. The maximum absolute atomic E-state index is 9.42. The van der Waals surface area contributed by atoms with E-state index in [-0.39, 0.29) is 5.75 Å². The lowest BCUT2D eigenvalue weighted by molar-refractivity contribution is 0.477. The number of nitrogens with one attached hydrogen (secondary N) is 2. The molecular weight excluding hydrogens is 254 g/mol. The number of rotatable bonds is 6. The monoisotopic (exact) mass is 281 g/mol. The Morgan fingerprint density at radius 3 is 2.55 bits per heavy atom. The summed E-state index contributed by atoms with van der Waals surface area (Å²) < 4.78 is 0. The first-order valence-corrected chi connectivity index (χ1v) is 6.75. The quantitative estimate of drug-likeness (QED) is 0.304. The largest absolute Gasteiger partial charge is 0.506 e. The van der Waals surface area contributed by atoms with Crippen LogP contribution >= 0.6 is 0 Å². The van der Waals surface area contributed by atoms with Gasteiger partial charge in [0.25, 0.3) is 0 Å². The highest BCUT2D eigenvalue weighted by Gasteiger charge is 1.97. The van der Waals surface area contributed by atoms with Gasteiger partial charge in [-0.1, -0.05) is 13.0 Å². The van der Waals surface area contributed by atoms with Gasteiger partial charge in [-0.2, -0.15) is 5.10 Å². The van der Waals surface area contributed by atoms with Crippen LogP contribution in [-0.2, 0) is 0 Å². The summed E-state index contributed by atoms with van der Waals surface area (Å²) in [6.45, 7) is 8.17. The van der Waals surface area contributed by atoms with Crippen molar-refractivity contribution in [2.75, 3.05) is 25.1 Å². The van der Waals surface area contributed by atoms with Crippen molar-refractivity contribution in [3.8, 4) is 5.75 Å². The van der Waals surface area contributed by atoms with Crippen LogP contribution in [0.4, 0.5) is 5.69 Å². The Bertz CT molecular complexity index is 395. The van der Waals surface area contributed by atoms with Crippen LogP contribution in [0.15, 0.2) is 23.3 Å². The fourth-order valence-corrected chi connectivity index (χ4v) is 1.34. The van der Waals surface area contributed by atoms with Gasteiger partial charge in [0, 0.05) is 25.3 Å². The predicted octanol–water partition coefficient (Wildman–Crippen LogP) is 1.00. The molecule has 7 N–H and O–H groups in total. The molecule has 0 heterocycles. The van der Waals surface area contributed by atoms with Crippen molar-refractivity contribution in [3.63, 3.8) is 0 Å². The second-order valence-corrected chi connectivity index (χ2v) is 4.37. The van der Waals surface area contributed by atoms with E-state index in [9.17, 15) is 5.11 Å². The van der Waals surface area contributed by atoms with Crippen molar-refractivity contribution >= 4 is 11.9 Å². The van der Waals surface area contributed by atoms with Crippen LogP contribution in [0.25, 0.3) is 0 Å². The van der Waals surface area contributed by atoms with E-state index in [1.165, 1.54) is 6.21 Å². The maximum atomic E-state index is 9.42. The molecule has 0 amide bonds.